The summed E-state index contributed by atoms with van der Waals surface area (Å²) in [6.07, 6.45) is 1.61. The molecule has 5 nitrogen and oxygen atoms in total. The minimum Gasteiger partial charge on any atom is -0.495 e. The lowest BCUT2D eigenvalue weighted by molar-refractivity contribution is -0.146. The van der Waals surface area contributed by atoms with Gasteiger partial charge in [-0.05, 0) is 25.0 Å². The molecule has 1 fully saturated rings. The summed E-state index contributed by atoms with van der Waals surface area (Å²) in [5.74, 6) is 0.682. The Balaban J connectivity index is 2.07. The van der Waals surface area contributed by atoms with Crippen LogP contribution in [0, 0.1) is 5.92 Å². The van der Waals surface area contributed by atoms with Crippen LogP contribution in [0.3, 0.4) is 0 Å². The van der Waals surface area contributed by atoms with E-state index in [1.54, 1.807) is 7.11 Å². The summed E-state index contributed by atoms with van der Waals surface area (Å²) in [5.41, 5.74) is 7.47. The normalized spacial score (nSPS) is 16.2. The van der Waals surface area contributed by atoms with Crippen LogP contribution in [0.4, 0.5) is 11.4 Å². The second-order valence-electron chi connectivity index (χ2n) is 4.72. The van der Waals surface area contributed by atoms with Crippen molar-refractivity contribution in [3.05, 3.63) is 18.2 Å². The van der Waals surface area contributed by atoms with Gasteiger partial charge in [0.05, 0.1) is 25.8 Å². The molecule has 0 radical (unpaired) electrons. The highest BCUT2D eigenvalue weighted by Gasteiger charge is 2.26. The van der Waals surface area contributed by atoms with Crippen molar-refractivity contribution >= 4 is 17.3 Å². The molecule has 0 aliphatic carbocycles. The number of methoxy groups -OCH3 is 2. The summed E-state index contributed by atoms with van der Waals surface area (Å²) in [6, 6.07) is 5.65. The van der Waals surface area contributed by atoms with Gasteiger partial charge in [-0.25, -0.2) is 0 Å². The Kier molecular flexibility index (Phi) is 4.14. The fourth-order valence-corrected chi connectivity index (χ4v) is 2.48. The summed E-state index contributed by atoms with van der Waals surface area (Å²) in [5, 5.41) is 0. The van der Waals surface area contributed by atoms with Crippen molar-refractivity contribution in [1.82, 2.24) is 0 Å². The number of carbonyl (C=O) groups excluding carboxylic acids is 1. The van der Waals surface area contributed by atoms with Crippen LogP contribution in [-0.2, 0) is 9.53 Å². The van der Waals surface area contributed by atoms with Gasteiger partial charge in [-0.3, -0.25) is 4.79 Å². The van der Waals surface area contributed by atoms with Gasteiger partial charge in [0.2, 0.25) is 0 Å². The molecule has 1 aromatic rings. The van der Waals surface area contributed by atoms with E-state index in [1.807, 2.05) is 18.2 Å². The Labute approximate surface area is 113 Å². The number of ether oxygens (including phenoxy) is 2. The fraction of sp³-hybridized carbons (Fsp3) is 0.500. The molecule has 0 aromatic heterocycles. The van der Waals surface area contributed by atoms with Crippen LogP contribution >= 0.6 is 0 Å². The molecular formula is C14H20N2O3. The van der Waals surface area contributed by atoms with Crippen molar-refractivity contribution in [2.75, 3.05) is 37.9 Å². The first-order chi connectivity index (χ1) is 9.15. The summed E-state index contributed by atoms with van der Waals surface area (Å²) >= 11 is 0. The van der Waals surface area contributed by atoms with Gasteiger partial charge in [0.15, 0.2) is 0 Å². The van der Waals surface area contributed by atoms with Crippen LogP contribution < -0.4 is 15.4 Å². The van der Waals surface area contributed by atoms with Crippen molar-refractivity contribution in [1.29, 1.82) is 0 Å². The van der Waals surface area contributed by atoms with Gasteiger partial charge in [0, 0.05) is 24.8 Å². The van der Waals surface area contributed by atoms with Crippen molar-refractivity contribution < 1.29 is 14.3 Å². The smallest absolute Gasteiger partial charge is 0.308 e. The molecule has 1 aliphatic rings. The molecule has 0 saturated carbocycles. The predicted molar refractivity (Wildman–Crippen MR) is 74.4 cm³/mol. The molecule has 0 bridgehead atoms. The van der Waals surface area contributed by atoms with E-state index >= 15 is 0 Å². The molecule has 0 atom stereocenters. The second kappa shape index (κ2) is 5.82. The first-order valence-electron chi connectivity index (χ1n) is 6.42. The molecule has 0 spiro atoms. The maximum absolute atomic E-state index is 11.5. The van der Waals surface area contributed by atoms with Crippen LogP contribution in [0.25, 0.3) is 0 Å². The lowest BCUT2D eigenvalue weighted by Crippen LogP contribution is -2.36. The van der Waals surface area contributed by atoms with Gasteiger partial charge in [0.1, 0.15) is 5.75 Å². The highest BCUT2D eigenvalue weighted by molar-refractivity contribution is 5.73. The summed E-state index contributed by atoms with van der Waals surface area (Å²) in [7, 11) is 3.08. The first-order valence-corrected chi connectivity index (χ1v) is 6.42. The lowest BCUT2D eigenvalue weighted by Gasteiger charge is -2.33. The number of hydrogen-bond acceptors (Lipinski definition) is 5. The number of benzene rings is 1. The van der Waals surface area contributed by atoms with Crippen LogP contribution in [0.15, 0.2) is 18.2 Å². The van der Waals surface area contributed by atoms with Gasteiger partial charge in [0.25, 0.3) is 0 Å². The van der Waals surface area contributed by atoms with Crippen molar-refractivity contribution in [3.8, 4) is 5.75 Å². The maximum atomic E-state index is 11.5. The van der Waals surface area contributed by atoms with E-state index in [4.69, 9.17) is 15.2 Å². The van der Waals surface area contributed by atoms with Crippen LogP contribution in [-0.4, -0.2) is 33.3 Å². The zero-order valence-corrected chi connectivity index (χ0v) is 11.4. The van der Waals surface area contributed by atoms with E-state index in [9.17, 15) is 4.79 Å². The van der Waals surface area contributed by atoms with E-state index in [1.165, 1.54) is 7.11 Å². The number of nitrogens with zero attached hydrogens (tertiary/aromatic N) is 1. The number of esters is 1. The van der Waals surface area contributed by atoms with E-state index < -0.39 is 0 Å². The average Bonchev–Trinajstić information content (AvgIpc) is 2.46. The number of hydrogen-bond donors (Lipinski definition) is 1. The standard InChI is InChI=1S/C14H20N2O3/c1-18-13-9-11(15)3-4-12(13)16-7-5-10(6-8-16)14(17)19-2/h3-4,9-10H,5-8,15H2,1-2H3. The zero-order chi connectivity index (χ0) is 13.8. The minimum absolute atomic E-state index is 0.0148. The van der Waals surface area contributed by atoms with E-state index in [0.717, 1.165) is 37.4 Å². The molecule has 19 heavy (non-hydrogen) atoms. The molecule has 104 valence electrons. The Morgan fingerprint density at radius 2 is 2.00 bits per heavy atom. The molecule has 2 rings (SSSR count). The van der Waals surface area contributed by atoms with Gasteiger partial charge in [-0.1, -0.05) is 0 Å². The SMILES string of the molecule is COC(=O)C1CCN(c2ccc(N)cc2OC)CC1. The molecule has 5 heteroatoms. The monoisotopic (exact) mass is 264 g/mol. The van der Waals surface area contributed by atoms with Gasteiger partial charge in [-0.15, -0.1) is 0 Å². The Bertz CT molecular complexity index is 454. The Hall–Kier alpha value is -1.91. The zero-order valence-electron chi connectivity index (χ0n) is 11.4. The summed E-state index contributed by atoms with van der Waals surface area (Å²) in [6.45, 7) is 1.64. The van der Waals surface area contributed by atoms with Crippen LogP contribution in [0.2, 0.25) is 0 Å². The molecule has 0 amide bonds. The highest BCUT2D eigenvalue weighted by atomic mass is 16.5. The van der Waals surface area contributed by atoms with Crippen molar-refractivity contribution in [2.45, 2.75) is 12.8 Å². The molecule has 1 saturated heterocycles. The number of carbonyl (C=O) groups is 1. The van der Waals surface area contributed by atoms with Gasteiger partial charge >= 0.3 is 5.97 Å². The Morgan fingerprint density at radius 1 is 1.32 bits per heavy atom. The summed E-state index contributed by atoms with van der Waals surface area (Å²) in [4.78, 5) is 13.7. The van der Waals surface area contributed by atoms with Crippen LogP contribution in [0.1, 0.15) is 12.8 Å². The number of nitrogens with two attached hydrogens (primary N) is 1. The molecule has 2 N–H and O–H groups in total. The third-order valence-electron chi connectivity index (χ3n) is 3.57. The quantitative estimate of drug-likeness (QED) is 0.664. The average molecular weight is 264 g/mol. The second-order valence-corrected chi connectivity index (χ2v) is 4.72. The minimum atomic E-state index is -0.107. The largest absolute Gasteiger partial charge is 0.495 e. The van der Waals surface area contributed by atoms with Crippen molar-refractivity contribution in [3.63, 3.8) is 0 Å². The molecule has 1 aliphatic heterocycles. The van der Waals surface area contributed by atoms with Crippen LogP contribution in [0.5, 0.6) is 5.75 Å². The number of piperidine rings is 1. The topological polar surface area (TPSA) is 64.8 Å². The number of anilines is 2. The first kappa shape index (κ1) is 13.5. The van der Waals surface area contributed by atoms with Crippen molar-refractivity contribution in [2.24, 2.45) is 5.92 Å². The predicted octanol–water partition coefficient (Wildman–Crippen LogP) is 1.67. The number of rotatable bonds is 3. The third-order valence-corrected chi connectivity index (χ3v) is 3.57. The van der Waals surface area contributed by atoms with Gasteiger partial charge < -0.3 is 20.1 Å². The highest BCUT2D eigenvalue weighted by Crippen LogP contribution is 2.33. The van der Waals surface area contributed by atoms with E-state index in [2.05, 4.69) is 4.90 Å². The Morgan fingerprint density at radius 3 is 2.58 bits per heavy atom. The number of nitrogen functional groups attached to an aromatic ring is 1. The lowest BCUT2D eigenvalue weighted by atomic mass is 9.96. The molecule has 1 aromatic carbocycles. The van der Waals surface area contributed by atoms with Gasteiger partial charge in [-0.2, -0.15) is 0 Å². The maximum Gasteiger partial charge on any atom is 0.308 e. The molecule has 0 unspecified atom stereocenters. The van der Waals surface area contributed by atoms with E-state index in [-0.39, 0.29) is 11.9 Å². The fourth-order valence-electron chi connectivity index (χ4n) is 2.48. The third kappa shape index (κ3) is 2.92. The van der Waals surface area contributed by atoms with E-state index in [0.29, 0.717) is 5.69 Å². The molecular weight excluding hydrogens is 244 g/mol. The molecule has 1 heterocycles. The summed E-state index contributed by atoms with van der Waals surface area (Å²) < 4.78 is 10.2.